The highest BCUT2D eigenvalue weighted by atomic mass is 127. The van der Waals surface area contributed by atoms with Crippen molar-refractivity contribution in [2.75, 3.05) is 26.2 Å². The van der Waals surface area contributed by atoms with E-state index in [1.165, 1.54) is 12.0 Å². The number of halogens is 1. The van der Waals surface area contributed by atoms with Crippen molar-refractivity contribution in [3.63, 3.8) is 0 Å². The third-order valence-corrected chi connectivity index (χ3v) is 4.72. The number of guanidine groups is 1. The normalized spacial score (nSPS) is 25.0. The summed E-state index contributed by atoms with van der Waals surface area (Å²) in [7, 11) is 0. The molecule has 5 heteroatoms. The summed E-state index contributed by atoms with van der Waals surface area (Å²) in [4.78, 5) is 7.14. The molecule has 2 atom stereocenters. The van der Waals surface area contributed by atoms with E-state index in [1.54, 1.807) is 0 Å². The number of aliphatic imine (C=N–C) groups is 1. The Hall–Kier alpha value is -0.820. The molecule has 1 heterocycles. The molecule has 1 aliphatic carbocycles. The molecule has 2 unspecified atom stereocenters. The van der Waals surface area contributed by atoms with Crippen LogP contribution in [0.15, 0.2) is 35.3 Å². The predicted molar refractivity (Wildman–Crippen MR) is 105 cm³/mol. The summed E-state index contributed by atoms with van der Waals surface area (Å²) in [5.41, 5.74) is 1.45. The SMILES string of the molecule is CCNC(=NCC1CC1c1ccccc1)N1CCC(O)CC1.I. The van der Waals surface area contributed by atoms with Gasteiger partial charge < -0.3 is 15.3 Å². The monoisotopic (exact) mass is 429 g/mol. The number of likely N-dealkylation sites (tertiary alicyclic amines) is 1. The summed E-state index contributed by atoms with van der Waals surface area (Å²) in [5.74, 6) is 2.40. The second kappa shape index (κ2) is 8.87. The van der Waals surface area contributed by atoms with Gasteiger partial charge >= 0.3 is 0 Å². The van der Waals surface area contributed by atoms with Crippen LogP contribution in [0.2, 0.25) is 0 Å². The van der Waals surface area contributed by atoms with Crippen LogP contribution < -0.4 is 5.32 Å². The maximum Gasteiger partial charge on any atom is 0.193 e. The van der Waals surface area contributed by atoms with E-state index in [2.05, 4.69) is 47.5 Å². The van der Waals surface area contributed by atoms with E-state index < -0.39 is 0 Å². The molecular formula is C18H28IN3O. The van der Waals surface area contributed by atoms with E-state index in [1.807, 2.05) is 0 Å². The number of nitrogens with one attached hydrogen (secondary N) is 1. The Labute approximate surface area is 156 Å². The highest BCUT2D eigenvalue weighted by molar-refractivity contribution is 14.0. The molecule has 0 radical (unpaired) electrons. The third kappa shape index (κ3) is 5.08. The van der Waals surface area contributed by atoms with E-state index in [-0.39, 0.29) is 30.1 Å². The van der Waals surface area contributed by atoms with Gasteiger partial charge in [-0.25, -0.2) is 0 Å². The Bertz CT molecular complexity index is 500. The topological polar surface area (TPSA) is 47.9 Å². The summed E-state index contributed by atoms with van der Waals surface area (Å²) >= 11 is 0. The van der Waals surface area contributed by atoms with E-state index in [4.69, 9.17) is 4.99 Å². The molecular weight excluding hydrogens is 401 g/mol. The second-order valence-corrected chi connectivity index (χ2v) is 6.43. The zero-order chi connectivity index (χ0) is 15.4. The number of hydrogen-bond donors (Lipinski definition) is 2. The van der Waals surface area contributed by atoms with Crippen LogP contribution in [-0.2, 0) is 0 Å². The first-order chi connectivity index (χ1) is 10.8. The molecule has 128 valence electrons. The molecule has 0 aromatic heterocycles. The molecule has 3 rings (SSSR count). The average molecular weight is 429 g/mol. The first-order valence-electron chi connectivity index (χ1n) is 8.54. The fraction of sp³-hybridized carbons (Fsp3) is 0.611. The van der Waals surface area contributed by atoms with Crippen molar-refractivity contribution in [1.82, 2.24) is 10.2 Å². The minimum absolute atomic E-state index is 0. The van der Waals surface area contributed by atoms with Gasteiger partial charge in [-0.3, -0.25) is 4.99 Å². The lowest BCUT2D eigenvalue weighted by Crippen LogP contribution is -2.46. The van der Waals surface area contributed by atoms with Gasteiger partial charge in [0.05, 0.1) is 6.10 Å². The number of benzene rings is 1. The van der Waals surface area contributed by atoms with Crippen molar-refractivity contribution in [2.45, 2.75) is 38.2 Å². The van der Waals surface area contributed by atoms with E-state index in [0.717, 1.165) is 45.0 Å². The number of aliphatic hydroxyl groups excluding tert-OH is 1. The Morgan fingerprint density at radius 3 is 2.61 bits per heavy atom. The summed E-state index contributed by atoms with van der Waals surface area (Å²) < 4.78 is 0. The van der Waals surface area contributed by atoms with Gasteiger partial charge in [-0.15, -0.1) is 24.0 Å². The maximum atomic E-state index is 9.64. The number of rotatable bonds is 4. The Kier molecular flexibility index (Phi) is 7.14. The number of hydrogen-bond acceptors (Lipinski definition) is 2. The fourth-order valence-electron chi connectivity index (χ4n) is 3.27. The zero-order valence-electron chi connectivity index (χ0n) is 13.8. The van der Waals surface area contributed by atoms with Crippen molar-refractivity contribution in [2.24, 2.45) is 10.9 Å². The van der Waals surface area contributed by atoms with E-state index in [9.17, 15) is 5.11 Å². The lowest BCUT2D eigenvalue weighted by molar-refractivity contribution is 0.108. The van der Waals surface area contributed by atoms with Crippen LogP contribution in [0.5, 0.6) is 0 Å². The van der Waals surface area contributed by atoms with Crippen LogP contribution >= 0.6 is 24.0 Å². The standard InChI is InChI=1S/C18H27N3O.HI/c1-2-19-18(21-10-8-16(22)9-11-21)20-13-15-12-17(15)14-6-4-3-5-7-14;/h3-7,15-17,22H,2,8-13H2,1H3,(H,19,20);1H. The quantitative estimate of drug-likeness (QED) is 0.440. The molecule has 2 fully saturated rings. The van der Waals surface area contributed by atoms with Crippen molar-refractivity contribution in [3.8, 4) is 0 Å². The van der Waals surface area contributed by atoms with Gasteiger partial charge in [0.25, 0.3) is 0 Å². The van der Waals surface area contributed by atoms with Gasteiger partial charge in [-0.1, -0.05) is 30.3 Å². The van der Waals surface area contributed by atoms with Crippen LogP contribution in [0, 0.1) is 5.92 Å². The summed E-state index contributed by atoms with van der Waals surface area (Å²) in [6.07, 6.45) is 2.82. The van der Waals surface area contributed by atoms with Crippen LogP contribution in [0.3, 0.4) is 0 Å². The van der Waals surface area contributed by atoms with Gasteiger partial charge in [0, 0.05) is 26.2 Å². The third-order valence-electron chi connectivity index (χ3n) is 4.72. The molecule has 4 nitrogen and oxygen atoms in total. The average Bonchev–Trinajstić information content (AvgIpc) is 3.33. The summed E-state index contributed by atoms with van der Waals surface area (Å²) in [6.45, 7) is 5.71. The highest BCUT2D eigenvalue weighted by Crippen LogP contribution is 2.47. The van der Waals surface area contributed by atoms with Crippen LogP contribution in [0.25, 0.3) is 0 Å². The van der Waals surface area contributed by atoms with Gasteiger partial charge in [0.15, 0.2) is 5.96 Å². The van der Waals surface area contributed by atoms with Crippen molar-refractivity contribution in [3.05, 3.63) is 35.9 Å². The van der Waals surface area contributed by atoms with Crippen LogP contribution in [0.4, 0.5) is 0 Å². The fourth-order valence-corrected chi connectivity index (χ4v) is 3.27. The maximum absolute atomic E-state index is 9.64. The molecule has 0 spiro atoms. The number of aliphatic hydroxyl groups is 1. The molecule has 0 amide bonds. The van der Waals surface area contributed by atoms with Gasteiger partial charge in [-0.05, 0) is 43.6 Å². The van der Waals surface area contributed by atoms with Crippen LogP contribution in [-0.4, -0.2) is 48.2 Å². The molecule has 1 aliphatic heterocycles. The number of piperidine rings is 1. The van der Waals surface area contributed by atoms with E-state index >= 15 is 0 Å². The molecule has 1 aromatic rings. The summed E-state index contributed by atoms with van der Waals surface area (Å²) in [6, 6.07) is 10.8. The minimum Gasteiger partial charge on any atom is -0.393 e. The molecule has 2 aliphatic rings. The largest absolute Gasteiger partial charge is 0.393 e. The van der Waals surface area contributed by atoms with Crippen molar-refractivity contribution in [1.29, 1.82) is 0 Å². The van der Waals surface area contributed by atoms with Crippen molar-refractivity contribution >= 4 is 29.9 Å². The van der Waals surface area contributed by atoms with E-state index in [0.29, 0.717) is 11.8 Å². The number of nitrogens with zero attached hydrogens (tertiary/aromatic N) is 2. The first kappa shape index (κ1) is 18.5. The molecule has 2 N–H and O–H groups in total. The zero-order valence-corrected chi connectivity index (χ0v) is 16.1. The Morgan fingerprint density at radius 2 is 1.96 bits per heavy atom. The van der Waals surface area contributed by atoms with Gasteiger partial charge in [0.2, 0.25) is 0 Å². The smallest absolute Gasteiger partial charge is 0.193 e. The van der Waals surface area contributed by atoms with Crippen LogP contribution in [0.1, 0.15) is 37.7 Å². The molecule has 0 bridgehead atoms. The minimum atomic E-state index is -0.134. The molecule has 1 saturated carbocycles. The molecule has 1 aromatic carbocycles. The van der Waals surface area contributed by atoms with Crippen molar-refractivity contribution < 1.29 is 5.11 Å². The summed E-state index contributed by atoms with van der Waals surface area (Å²) in [5, 5.41) is 13.0. The van der Waals surface area contributed by atoms with Gasteiger partial charge in [-0.2, -0.15) is 0 Å². The Balaban J connectivity index is 0.00000192. The highest BCUT2D eigenvalue weighted by Gasteiger charge is 2.37. The first-order valence-corrected chi connectivity index (χ1v) is 8.54. The Morgan fingerprint density at radius 1 is 1.26 bits per heavy atom. The molecule has 1 saturated heterocycles. The lowest BCUT2D eigenvalue weighted by atomic mass is 10.1. The molecule has 23 heavy (non-hydrogen) atoms. The predicted octanol–water partition coefficient (Wildman–Crippen LogP) is 2.83. The lowest BCUT2D eigenvalue weighted by Gasteiger charge is -2.32. The van der Waals surface area contributed by atoms with Gasteiger partial charge in [0.1, 0.15) is 0 Å². The second-order valence-electron chi connectivity index (χ2n) is 6.43.